The van der Waals surface area contributed by atoms with Crippen molar-refractivity contribution in [2.75, 3.05) is 14.2 Å². The molecule has 25 heavy (non-hydrogen) atoms. The summed E-state index contributed by atoms with van der Waals surface area (Å²) in [6.45, 7) is 0.431. The molecule has 1 amide bonds. The Bertz CT molecular complexity index is 906. The molecule has 1 aromatic heterocycles. The molecule has 0 saturated heterocycles. The van der Waals surface area contributed by atoms with E-state index in [2.05, 4.69) is 4.98 Å². The molecule has 0 aliphatic heterocycles. The molecule has 4 nitrogen and oxygen atoms in total. The number of likely N-dealkylation sites (N-methyl/N-ethyl adjacent to an activating group) is 1. The summed E-state index contributed by atoms with van der Waals surface area (Å²) in [5, 5.41) is 1.65. The summed E-state index contributed by atoms with van der Waals surface area (Å²) >= 11 is 6.06. The first-order valence-electron chi connectivity index (χ1n) is 7.97. The van der Waals surface area contributed by atoms with Gasteiger partial charge in [-0.15, -0.1) is 0 Å². The molecule has 0 radical (unpaired) electrons. The third-order valence-electron chi connectivity index (χ3n) is 4.13. The minimum Gasteiger partial charge on any atom is -0.496 e. The van der Waals surface area contributed by atoms with Crippen molar-refractivity contribution in [3.8, 4) is 5.75 Å². The summed E-state index contributed by atoms with van der Waals surface area (Å²) in [5.74, 6) is 0.732. The van der Waals surface area contributed by atoms with Crippen LogP contribution in [0.1, 0.15) is 11.1 Å². The Morgan fingerprint density at radius 1 is 1.16 bits per heavy atom. The van der Waals surface area contributed by atoms with Crippen molar-refractivity contribution in [1.29, 1.82) is 0 Å². The highest BCUT2D eigenvalue weighted by Crippen LogP contribution is 2.24. The summed E-state index contributed by atoms with van der Waals surface area (Å²) in [6.07, 6.45) is 2.05. The van der Waals surface area contributed by atoms with Crippen molar-refractivity contribution in [1.82, 2.24) is 9.88 Å². The Labute approximate surface area is 152 Å². The van der Waals surface area contributed by atoms with Crippen LogP contribution >= 0.6 is 11.6 Å². The Balaban J connectivity index is 1.78. The van der Waals surface area contributed by atoms with E-state index in [1.165, 1.54) is 0 Å². The van der Waals surface area contributed by atoms with Crippen LogP contribution in [0.2, 0.25) is 5.02 Å². The first kappa shape index (κ1) is 17.2. The first-order valence-corrected chi connectivity index (χ1v) is 8.35. The molecule has 2 aromatic carbocycles. The van der Waals surface area contributed by atoms with E-state index in [0.29, 0.717) is 18.0 Å². The topological polar surface area (TPSA) is 42.4 Å². The monoisotopic (exact) mass is 354 g/mol. The van der Waals surface area contributed by atoms with E-state index in [0.717, 1.165) is 27.8 Å². The highest BCUT2D eigenvalue weighted by molar-refractivity contribution is 6.30. The van der Waals surface area contributed by atoms with Gasteiger partial charge < -0.3 is 9.64 Å². The Morgan fingerprint density at radius 2 is 1.96 bits per heavy atom. The number of amides is 1. The highest BCUT2D eigenvalue weighted by Gasteiger charge is 2.15. The lowest BCUT2D eigenvalue weighted by Crippen LogP contribution is -2.28. The number of aromatic nitrogens is 1. The number of methoxy groups -OCH3 is 1. The van der Waals surface area contributed by atoms with Gasteiger partial charge in [-0.2, -0.15) is 0 Å². The summed E-state index contributed by atoms with van der Waals surface area (Å²) < 4.78 is 5.35. The van der Waals surface area contributed by atoms with E-state index in [-0.39, 0.29) is 5.91 Å². The van der Waals surface area contributed by atoms with Gasteiger partial charge in [-0.1, -0.05) is 35.9 Å². The molecule has 0 aliphatic carbocycles. The number of nitrogens with zero attached hydrogens (tertiary/aromatic N) is 2. The summed E-state index contributed by atoms with van der Waals surface area (Å²) in [7, 11) is 3.39. The first-order chi connectivity index (χ1) is 12.1. The molecule has 1 heterocycles. The van der Waals surface area contributed by atoms with E-state index in [9.17, 15) is 4.79 Å². The minimum absolute atomic E-state index is 0.0141. The second kappa shape index (κ2) is 7.53. The second-order valence-electron chi connectivity index (χ2n) is 5.88. The van der Waals surface area contributed by atoms with Gasteiger partial charge in [0.25, 0.3) is 0 Å². The number of ether oxygens (including phenoxy) is 1. The number of halogens is 1. The van der Waals surface area contributed by atoms with Crippen LogP contribution in [0, 0.1) is 0 Å². The van der Waals surface area contributed by atoms with Crippen molar-refractivity contribution in [2.45, 2.75) is 13.0 Å². The van der Waals surface area contributed by atoms with Gasteiger partial charge in [0, 0.05) is 35.8 Å². The van der Waals surface area contributed by atoms with Crippen LogP contribution in [0.15, 0.2) is 54.7 Å². The van der Waals surface area contributed by atoms with E-state index >= 15 is 0 Å². The van der Waals surface area contributed by atoms with Gasteiger partial charge in [0.2, 0.25) is 5.91 Å². The lowest BCUT2D eigenvalue weighted by Gasteiger charge is -2.19. The Hall–Kier alpha value is -2.59. The molecule has 0 unspecified atom stereocenters. The summed E-state index contributed by atoms with van der Waals surface area (Å²) in [6, 6.07) is 15.2. The fraction of sp³-hybridized carbons (Fsp3) is 0.200. The normalized spacial score (nSPS) is 10.7. The second-order valence-corrected chi connectivity index (χ2v) is 6.31. The molecule has 3 aromatic rings. The fourth-order valence-corrected chi connectivity index (χ4v) is 3.02. The molecule has 0 saturated carbocycles. The molecule has 0 aliphatic rings. The minimum atomic E-state index is 0.0141. The molecule has 0 atom stereocenters. The third kappa shape index (κ3) is 3.91. The van der Waals surface area contributed by atoms with Crippen molar-refractivity contribution in [3.63, 3.8) is 0 Å². The van der Waals surface area contributed by atoms with E-state index in [1.807, 2.05) is 42.5 Å². The smallest absolute Gasteiger partial charge is 0.227 e. The van der Waals surface area contributed by atoms with Crippen molar-refractivity contribution >= 4 is 28.4 Å². The lowest BCUT2D eigenvalue weighted by molar-refractivity contribution is -0.129. The number of carbonyl (C=O) groups excluding carboxylic acids is 1. The average Bonchev–Trinajstić information content (AvgIpc) is 2.62. The number of carbonyl (C=O) groups is 1. The van der Waals surface area contributed by atoms with Gasteiger partial charge in [0.1, 0.15) is 5.75 Å². The third-order valence-corrected chi connectivity index (χ3v) is 4.37. The zero-order chi connectivity index (χ0) is 17.8. The molecular formula is C20H19ClN2O2. The zero-order valence-electron chi connectivity index (χ0n) is 14.2. The number of para-hydroxylation sites is 1. The van der Waals surface area contributed by atoms with Crippen molar-refractivity contribution in [3.05, 3.63) is 70.9 Å². The molecular weight excluding hydrogens is 336 g/mol. The average molecular weight is 355 g/mol. The van der Waals surface area contributed by atoms with E-state index < -0.39 is 0 Å². The SMILES string of the molecule is COc1ccc(Cl)cc1CN(C)C(=O)Cc1cccc2cccnc12. The van der Waals surface area contributed by atoms with E-state index in [1.54, 1.807) is 31.3 Å². The Kier molecular flexibility index (Phi) is 5.19. The van der Waals surface area contributed by atoms with Gasteiger partial charge in [0.15, 0.2) is 0 Å². The number of hydrogen-bond donors (Lipinski definition) is 0. The maximum absolute atomic E-state index is 12.7. The number of rotatable bonds is 5. The van der Waals surface area contributed by atoms with Crippen LogP contribution in [0.5, 0.6) is 5.75 Å². The molecule has 0 fully saturated rings. The molecule has 3 rings (SSSR count). The van der Waals surface area contributed by atoms with Crippen LogP contribution in [-0.4, -0.2) is 29.9 Å². The predicted molar refractivity (Wildman–Crippen MR) is 99.9 cm³/mol. The van der Waals surface area contributed by atoms with Crippen molar-refractivity contribution < 1.29 is 9.53 Å². The largest absolute Gasteiger partial charge is 0.496 e. The van der Waals surface area contributed by atoms with Gasteiger partial charge >= 0.3 is 0 Å². The fourth-order valence-electron chi connectivity index (χ4n) is 2.82. The van der Waals surface area contributed by atoms with Gasteiger partial charge in [-0.25, -0.2) is 0 Å². The number of benzene rings is 2. The van der Waals surface area contributed by atoms with Gasteiger partial charge in [-0.05, 0) is 29.8 Å². The molecule has 128 valence electrons. The molecule has 0 bridgehead atoms. The van der Waals surface area contributed by atoms with Gasteiger partial charge in [0.05, 0.1) is 19.0 Å². The quantitative estimate of drug-likeness (QED) is 0.692. The number of fused-ring (bicyclic) bond motifs is 1. The number of pyridine rings is 1. The van der Waals surface area contributed by atoms with Gasteiger partial charge in [-0.3, -0.25) is 9.78 Å². The summed E-state index contributed by atoms with van der Waals surface area (Å²) in [4.78, 5) is 18.8. The zero-order valence-corrected chi connectivity index (χ0v) is 15.0. The predicted octanol–water partition coefficient (Wildman–Crippen LogP) is 4.10. The molecule has 0 N–H and O–H groups in total. The van der Waals surface area contributed by atoms with Crippen LogP contribution in [0.25, 0.3) is 10.9 Å². The molecule has 0 spiro atoms. The highest BCUT2D eigenvalue weighted by atomic mass is 35.5. The maximum Gasteiger partial charge on any atom is 0.227 e. The Morgan fingerprint density at radius 3 is 2.76 bits per heavy atom. The molecule has 5 heteroatoms. The lowest BCUT2D eigenvalue weighted by atomic mass is 10.1. The standard InChI is InChI=1S/C20H19ClN2O2/c1-23(13-16-11-17(21)8-9-18(16)25-2)19(24)12-15-6-3-5-14-7-4-10-22-20(14)15/h3-11H,12-13H2,1-2H3. The van der Waals surface area contributed by atoms with E-state index in [4.69, 9.17) is 16.3 Å². The van der Waals surface area contributed by atoms with Crippen LogP contribution in [0.3, 0.4) is 0 Å². The summed E-state index contributed by atoms with van der Waals surface area (Å²) in [5.41, 5.74) is 2.67. The number of hydrogen-bond acceptors (Lipinski definition) is 3. The van der Waals surface area contributed by atoms with Crippen LogP contribution in [0.4, 0.5) is 0 Å². The maximum atomic E-state index is 12.7. The van der Waals surface area contributed by atoms with Crippen LogP contribution in [-0.2, 0) is 17.8 Å². The van der Waals surface area contributed by atoms with Crippen molar-refractivity contribution in [2.24, 2.45) is 0 Å². The van der Waals surface area contributed by atoms with Crippen LogP contribution < -0.4 is 4.74 Å².